The van der Waals surface area contributed by atoms with E-state index in [1.807, 2.05) is 0 Å². The van der Waals surface area contributed by atoms with Crippen molar-refractivity contribution in [2.24, 2.45) is 0 Å². The van der Waals surface area contributed by atoms with E-state index in [1.165, 1.54) is 19.2 Å². The predicted octanol–water partition coefficient (Wildman–Crippen LogP) is 3.69. The highest BCUT2D eigenvalue weighted by Crippen LogP contribution is 2.31. The third-order valence-corrected chi connectivity index (χ3v) is 2.51. The van der Waals surface area contributed by atoms with Gasteiger partial charge in [0, 0.05) is 0 Å². The van der Waals surface area contributed by atoms with Gasteiger partial charge in [0.05, 0.1) is 23.0 Å². The normalized spacial score (nSPS) is 10.7. The van der Waals surface area contributed by atoms with Crippen molar-refractivity contribution in [2.45, 2.75) is 0 Å². The minimum absolute atomic E-state index is 0.133. The van der Waals surface area contributed by atoms with E-state index in [-0.39, 0.29) is 21.3 Å². The fraction of sp³-hybridized carbons (Fsp3) is 0.100. The smallest absolute Gasteiger partial charge is 0.175 e. The lowest BCUT2D eigenvalue weighted by atomic mass is 10.2. The second kappa shape index (κ2) is 3.83. The molecule has 1 aromatic heterocycles. The van der Waals surface area contributed by atoms with Crippen LogP contribution in [0.1, 0.15) is 0 Å². The quantitative estimate of drug-likeness (QED) is 0.716. The number of rotatable bonds is 1. The van der Waals surface area contributed by atoms with Crippen molar-refractivity contribution in [3.63, 3.8) is 0 Å². The molecule has 0 N–H and O–H groups in total. The molecule has 78 valence electrons. The Morgan fingerprint density at radius 1 is 1.33 bits per heavy atom. The Bertz CT molecular complexity index is 530. The lowest BCUT2D eigenvalue weighted by Crippen LogP contribution is -1.91. The largest absolute Gasteiger partial charge is 0.494 e. The van der Waals surface area contributed by atoms with Crippen molar-refractivity contribution in [2.75, 3.05) is 7.11 Å². The lowest BCUT2D eigenvalue weighted by Gasteiger charge is -2.06. The van der Waals surface area contributed by atoms with E-state index in [9.17, 15) is 4.39 Å². The summed E-state index contributed by atoms with van der Waals surface area (Å²) in [4.78, 5) is 3.96. The molecule has 15 heavy (non-hydrogen) atoms. The van der Waals surface area contributed by atoms with Gasteiger partial charge in [0.15, 0.2) is 11.6 Å². The van der Waals surface area contributed by atoms with Crippen LogP contribution in [-0.2, 0) is 0 Å². The topological polar surface area (TPSA) is 22.1 Å². The first-order valence-corrected chi connectivity index (χ1v) is 4.87. The first-order valence-electron chi connectivity index (χ1n) is 4.11. The first-order chi connectivity index (χ1) is 7.13. The van der Waals surface area contributed by atoms with Gasteiger partial charge < -0.3 is 4.74 Å². The van der Waals surface area contributed by atoms with Gasteiger partial charge in [-0.15, -0.1) is 0 Å². The molecule has 0 atom stereocenters. The molecule has 0 aliphatic carbocycles. The molecule has 5 heteroatoms. The number of ether oxygens (including phenoxy) is 1. The fourth-order valence-electron chi connectivity index (χ4n) is 1.35. The highest BCUT2D eigenvalue weighted by molar-refractivity contribution is 6.37. The molecular formula is C10H6Cl2FNO. The maximum absolute atomic E-state index is 13.8. The number of methoxy groups -OCH3 is 1. The third-order valence-electron chi connectivity index (χ3n) is 2.02. The van der Waals surface area contributed by atoms with Crippen LogP contribution < -0.4 is 4.74 Å². The predicted molar refractivity (Wildman–Crippen MR) is 58.3 cm³/mol. The van der Waals surface area contributed by atoms with Gasteiger partial charge in [0.2, 0.25) is 0 Å². The van der Waals surface area contributed by atoms with Crippen LogP contribution in [0, 0.1) is 5.82 Å². The minimum atomic E-state index is -0.524. The average molecular weight is 246 g/mol. The number of hydrogen-bond donors (Lipinski definition) is 0. The Kier molecular flexibility index (Phi) is 2.67. The van der Waals surface area contributed by atoms with Gasteiger partial charge in [-0.3, -0.25) is 0 Å². The van der Waals surface area contributed by atoms with Gasteiger partial charge in [-0.25, -0.2) is 9.37 Å². The summed E-state index contributed by atoms with van der Waals surface area (Å²) < 4.78 is 18.6. The molecule has 0 aliphatic heterocycles. The molecule has 0 saturated carbocycles. The monoisotopic (exact) mass is 245 g/mol. The molecular weight excluding hydrogens is 240 g/mol. The van der Waals surface area contributed by atoms with Gasteiger partial charge in [0.25, 0.3) is 0 Å². The van der Waals surface area contributed by atoms with Crippen LogP contribution in [0.15, 0.2) is 18.2 Å². The Balaban J connectivity index is 2.87. The maximum atomic E-state index is 13.8. The number of benzene rings is 1. The van der Waals surface area contributed by atoms with Gasteiger partial charge in [0.1, 0.15) is 5.15 Å². The van der Waals surface area contributed by atoms with Crippen molar-refractivity contribution in [1.82, 2.24) is 4.98 Å². The van der Waals surface area contributed by atoms with E-state index in [4.69, 9.17) is 27.9 Å². The molecule has 1 heterocycles. The molecule has 0 amide bonds. The maximum Gasteiger partial charge on any atom is 0.175 e. The van der Waals surface area contributed by atoms with Crippen LogP contribution in [0.2, 0.25) is 10.2 Å². The van der Waals surface area contributed by atoms with Crippen LogP contribution in [0.4, 0.5) is 4.39 Å². The molecule has 2 aromatic rings. The van der Waals surface area contributed by atoms with Crippen LogP contribution >= 0.6 is 23.2 Å². The van der Waals surface area contributed by atoms with Gasteiger partial charge >= 0.3 is 0 Å². The Labute approximate surface area is 95.6 Å². The van der Waals surface area contributed by atoms with Crippen LogP contribution in [0.25, 0.3) is 10.9 Å². The molecule has 0 unspecified atom stereocenters. The van der Waals surface area contributed by atoms with Crippen molar-refractivity contribution < 1.29 is 9.13 Å². The number of halogens is 3. The van der Waals surface area contributed by atoms with Crippen molar-refractivity contribution in [3.8, 4) is 5.75 Å². The van der Waals surface area contributed by atoms with E-state index in [0.717, 1.165) is 0 Å². The Morgan fingerprint density at radius 3 is 2.73 bits per heavy atom. The molecule has 2 nitrogen and oxygen atoms in total. The summed E-state index contributed by atoms with van der Waals surface area (Å²) in [6.07, 6.45) is 0. The number of aromatic nitrogens is 1. The van der Waals surface area contributed by atoms with Crippen LogP contribution in [0.3, 0.4) is 0 Å². The summed E-state index contributed by atoms with van der Waals surface area (Å²) in [5.74, 6) is -0.391. The minimum Gasteiger partial charge on any atom is -0.494 e. The molecule has 0 fully saturated rings. The molecule has 0 spiro atoms. The highest BCUT2D eigenvalue weighted by atomic mass is 35.5. The van der Waals surface area contributed by atoms with E-state index in [2.05, 4.69) is 4.98 Å². The van der Waals surface area contributed by atoms with Gasteiger partial charge in [-0.05, 0) is 18.2 Å². The second-order valence-electron chi connectivity index (χ2n) is 2.90. The van der Waals surface area contributed by atoms with E-state index < -0.39 is 5.82 Å². The summed E-state index contributed by atoms with van der Waals surface area (Å²) in [6, 6.07) is 4.49. The first kappa shape index (κ1) is 10.5. The number of nitrogens with zero attached hydrogens (tertiary/aromatic N) is 1. The third kappa shape index (κ3) is 1.73. The van der Waals surface area contributed by atoms with E-state index in [1.54, 1.807) is 6.07 Å². The Morgan fingerprint density at radius 2 is 2.07 bits per heavy atom. The van der Waals surface area contributed by atoms with Gasteiger partial charge in [-0.2, -0.15) is 0 Å². The van der Waals surface area contributed by atoms with Crippen LogP contribution in [-0.4, -0.2) is 12.1 Å². The molecule has 0 radical (unpaired) electrons. The van der Waals surface area contributed by atoms with E-state index in [0.29, 0.717) is 5.52 Å². The summed E-state index contributed by atoms with van der Waals surface area (Å²) in [7, 11) is 1.39. The molecule has 0 aliphatic rings. The summed E-state index contributed by atoms with van der Waals surface area (Å²) >= 11 is 11.6. The van der Waals surface area contributed by atoms with Crippen molar-refractivity contribution in [3.05, 3.63) is 34.2 Å². The zero-order valence-electron chi connectivity index (χ0n) is 7.72. The zero-order chi connectivity index (χ0) is 11.0. The van der Waals surface area contributed by atoms with Gasteiger partial charge in [-0.1, -0.05) is 23.2 Å². The SMILES string of the molecule is COc1ccc2nc(Cl)cc(Cl)c2c1F. The number of pyridine rings is 1. The molecule has 1 aromatic carbocycles. The number of fused-ring (bicyclic) bond motifs is 1. The molecule has 0 saturated heterocycles. The number of hydrogen-bond acceptors (Lipinski definition) is 2. The summed E-state index contributed by atoms with van der Waals surface area (Å²) in [6.45, 7) is 0. The van der Waals surface area contributed by atoms with Crippen molar-refractivity contribution in [1.29, 1.82) is 0 Å². The summed E-state index contributed by atoms with van der Waals surface area (Å²) in [5.41, 5.74) is 0.408. The molecule has 2 rings (SSSR count). The second-order valence-corrected chi connectivity index (χ2v) is 3.70. The fourth-order valence-corrected chi connectivity index (χ4v) is 1.89. The van der Waals surface area contributed by atoms with Crippen LogP contribution in [0.5, 0.6) is 5.75 Å². The average Bonchev–Trinajstić information content (AvgIpc) is 2.17. The lowest BCUT2D eigenvalue weighted by molar-refractivity contribution is 0.389. The standard InChI is InChI=1S/C10H6Cl2FNO/c1-15-7-3-2-6-9(10(7)13)5(11)4-8(12)14-6/h2-4H,1H3. The van der Waals surface area contributed by atoms with E-state index >= 15 is 0 Å². The molecule has 0 bridgehead atoms. The zero-order valence-corrected chi connectivity index (χ0v) is 9.23. The highest BCUT2D eigenvalue weighted by Gasteiger charge is 2.12. The summed E-state index contributed by atoms with van der Waals surface area (Å²) in [5, 5.41) is 0.680. The Hall–Kier alpha value is -1.06. The van der Waals surface area contributed by atoms with Crippen molar-refractivity contribution >= 4 is 34.1 Å².